The van der Waals surface area contributed by atoms with Gasteiger partial charge >= 0.3 is 0 Å². The second kappa shape index (κ2) is 5.98. The minimum atomic E-state index is 0.510. The van der Waals surface area contributed by atoms with Gasteiger partial charge in [0.2, 0.25) is 0 Å². The van der Waals surface area contributed by atoms with Crippen molar-refractivity contribution in [1.29, 1.82) is 0 Å². The molecule has 1 nitrogen and oxygen atoms in total. The van der Waals surface area contributed by atoms with E-state index in [9.17, 15) is 0 Å². The molecule has 0 radical (unpaired) electrons. The molecule has 3 heteroatoms. The van der Waals surface area contributed by atoms with Crippen molar-refractivity contribution in [2.24, 2.45) is 0 Å². The molecule has 0 bridgehead atoms. The zero-order valence-corrected chi connectivity index (χ0v) is 13.4. The van der Waals surface area contributed by atoms with Gasteiger partial charge in [0.05, 0.1) is 10.7 Å². The van der Waals surface area contributed by atoms with Gasteiger partial charge in [0.1, 0.15) is 0 Å². The third-order valence-electron chi connectivity index (χ3n) is 3.23. The molecule has 0 aliphatic carbocycles. The third-order valence-corrected chi connectivity index (χ3v) is 5.11. The predicted molar refractivity (Wildman–Crippen MR) is 83.0 cm³/mol. The van der Waals surface area contributed by atoms with Crippen molar-refractivity contribution < 1.29 is 0 Å². The smallest absolute Gasteiger partial charge is 0.0937 e. The molecule has 1 aromatic carbocycles. The lowest BCUT2D eigenvalue weighted by Gasteiger charge is -2.13. The van der Waals surface area contributed by atoms with Crippen molar-refractivity contribution in [3.63, 3.8) is 0 Å². The Morgan fingerprint density at radius 1 is 1.17 bits per heavy atom. The summed E-state index contributed by atoms with van der Waals surface area (Å²) in [6, 6.07) is 8.83. The minimum Gasteiger partial charge on any atom is -0.246 e. The van der Waals surface area contributed by atoms with E-state index in [2.05, 4.69) is 66.0 Å². The maximum absolute atomic E-state index is 4.64. The van der Waals surface area contributed by atoms with Crippen molar-refractivity contribution in [3.05, 3.63) is 51.0 Å². The Bertz CT molecular complexity index is 496. The number of alkyl halides is 1. The van der Waals surface area contributed by atoms with Crippen molar-refractivity contribution in [1.82, 2.24) is 4.98 Å². The number of thiazole rings is 1. The number of hydrogen-bond donors (Lipinski definition) is 0. The van der Waals surface area contributed by atoms with Crippen molar-refractivity contribution in [2.45, 2.75) is 33.1 Å². The first-order chi connectivity index (χ1) is 8.60. The summed E-state index contributed by atoms with van der Waals surface area (Å²) in [7, 11) is 0. The highest BCUT2D eigenvalue weighted by Crippen LogP contribution is 2.26. The van der Waals surface area contributed by atoms with Crippen LogP contribution in [0.4, 0.5) is 0 Å². The summed E-state index contributed by atoms with van der Waals surface area (Å²) in [5.41, 5.74) is 3.88. The largest absolute Gasteiger partial charge is 0.246 e. The maximum Gasteiger partial charge on any atom is 0.0937 e. The van der Waals surface area contributed by atoms with Crippen molar-refractivity contribution >= 4 is 27.3 Å². The monoisotopic (exact) mass is 323 g/mol. The van der Waals surface area contributed by atoms with Crippen molar-refractivity contribution in [3.8, 4) is 0 Å². The molecule has 0 aliphatic rings. The van der Waals surface area contributed by atoms with Crippen LogP contribution in [0.15, 0.2) is 24.3 Å². The third kappa shape index (κ3) is 3.21. The van der Waals surface area contributed by atoms with Crippen LogP contribution in [0.2, 0.25) is 0 Å². The number of aromatic nitrogens is 1. The first-order valence-electron chi connectivity index (χ1n) is 6.15. The van der Waals surface area contributed by atoms with Crippen LogP contribution in [0.1, 0.15) is 32.6 Å². The molecule has 0 fully saturated rings. The number of benzene rings is 1. The van der Waals surface area contributed by atoms with Gasteiger partial charge in [0.15, 0.2) is 0 Å². The number of aryl methyl sites for hydroxylation is 3. The van der Waals surface area contributed by atoms with E-state index in [0.29, 0.717) is 5.92 Å². The second-order valence-corrected chi connectivity index (χ2v) is 6.65. The molecule has 18 heavy (non-hydrogen) atoms. The Morgan fingerprint density at radius 3 is 2.33 bits per heavy atom. The summed E-state index contributed by atoms with van der Waals surface area (Å²) in [4.78, 5) is 5.97. The Balaban J connectivity index is 2.16. The molecule has 2 rings (SSSR count). The highest BCUT2D eigenvalue weighted by Gasteiger charge is 2.14. The molecule has 1 heterocycles. The summed E-state index contributed by atoms with van der Waals surface area (Å²) in [5.74, 6) is 0.510. The first-order valence-corrected chi connectivity index (χ1v) is 8.09. The number of rotatable bonds is 4. The van der Waals surface area contributed by atoms with E-state index in [1.165, 1.54) is 26.7 Å². The fourth-order valence-corrected chi connectivity index (χ4v) is 3.55. The van der Waals surface area contributed by atoms with E-state index in [4.69, 9.17) is 0 Å². The van der Waals surface area contributed by atoms with Crippen LogP contribution < -0.4 is 0 Å². The van der Waals surface area contributed by atoms with E-state index < -0.39 is 0 Å². The lowest BCUT2D eigenvalue weighted by Crippen LogP contribution is -2.04. The molecule has 0 saturated heterocycles. The van der Waals surface area contributed by atoms with Gasteiger partial charge in [-0.2, -0.15) is 0 Å². The molecule has 1 atom stereocenters. The summed E-state index contributed by atoms with van der Waals surface area (Å²) in [5, 5.41) is 2.23. The van der Waals surface area contributed by atoms with Gasteiger partial charge in [-0.25, -0.2) is 4.98 Å². The Kier molecular flexibility index (Phi) is 4.57. The van der Waals surface area contributed by atoms with Gasteiger partial charge in [-0.1, -0.05) is 45.8 Å². The predicted octanol–water partition coefficient (Wildman–Crippen LogP) is 4.79. The molecule has 1 unspecified atom stereocenters. The van der Waals surface area contributed by atoms with Gasteiger partial charge < -0.3 is 0 Å². The minimum absolute atomic E-state index is 0.510. The molecular formula is C15H18BrNS. The van der Waals surface area contributed by atoms with Crippen LogP contribution in [0.25, 0.3) is 0 Å². The van der Waals surface area contributed by atoms with Gasteiger partial charge in [0, 0.05) is 16.6 Å². The average Bonchev–Trinajstić information content (AvgIpc) is 2.67. The van der Waals surface area contributed by atoms with Gasteiger partial charge in [-0.3, -0.25) is 0 Å². The fourth-order valence-electron chi connectivity index (χ4n) is 1.94. The Labute approximate surface area is 121 Å². The Morgan fingerprint density at radius 2 is 1.83 bits per heavy atom. The number of hydrogen-bond acceptors (Lipinski definition) is 2. The molecule has 0 aliphatic heterocycles. The van der Waals surface area contributed by atoms with E-state index in [1.54, 1.807) is 0 Å². The molecule has 0 saturated carbocycles. The van der Waals surface area contributed by atoms with Crippen LogP contribution >= 0.6 is 27.3 Å². The van der Waals surface area contributed by atoms with Crippen LogP contribution in [-0.2, 0) is 6.42 Å². The molecular weight excluding hydrogens is 306 g/mol. The highest BCUT2D eigenvalue weighted by molar-refractivity contribution is 9.09. The topological polar surface area (TPSA) is 12.9 Å². The SMILES string of the molecule is Cc1ccc(C(CBr)Cc2nc(C)c(C)s2)cc1. The molecule has 96 valence electrons. The van der Waals surface area contributed by atoms with E-state index >= 15 is 0 Å². The van der Waals surface area contributed by atoms with Crippen LogP contribution in [0, 0.1) is 20.8 Å². The average molecular weight is 324 g/mol. The fraction of sp³-hybridized carbons (Fsp3) is 0.400. The maximum atomic E-state index is 4.64. The van der Waals surface area contributed by atoms with E-state index in [0.717, 1.165) is 11.8 Å². The first kappa shape index (κ1) is 13.8. The van der Waals surface area contributed by atoms with Crippen molar-refractivity contribution in [2.75, 3.05) is 5.33 Å². The Hall–Kier alpha value is -0.670. The van der Waals surface area contributed by atoms with Gasteiger partial charge in [0.25, 0.3) is 0 Å². The van der Waals surface area contributed by atoms with Crippen LogP contribution in [0.3, 0.4) is 0 Å². The molecule has 0 spiro atoms. The number of halogens is 1. The highest BCUT2D eigenvalue weighted by atomic mass is 79.9. The normalized spacial score (nSPS) is 12.7. The summed E-state index contributed by atoms with van der Waals surface area (Å²) in [6.45, 7) is 6.36. The lowest BCUT2D eigenvalue weighted by molar-refractivity contribution is 0.768. The van der Waals surface area contributed by atoms with Crippen LogP contribution in [-0.4, -0.2) is 10.3 Å². The van der Waals surface area contributed by atoms with E-state index in [1.807, 2.05) is 11.3 Å². The van der Waals surface area contributed by atoms with Crippen LogP contribution in [0.5, 0.6) is 0 Å². The summed E-state index contributed by atoms with van der Waals surface area (Å²) in [6.07, 6.45) is 1.02. The number of nitrogens with zero attached hydrogens (tertiary/aromatic N) is 1. The quantitative estimate of drug-likeness (QED) is 0.737. The lowest BCUT2D eigenvalue weighted by atomic mass is 9.97. The molecule has 2 aromatic rings. The molecule has 1 aromatic heterocycles. The molecule has 0 amide bonds. The second-order valence-electron chi connectivity index (χ2n) is 4.72. The van der Waals surface area contributed by atoms with Gasteiger partial charge in [-0.15, -0.1) is 11.3 Å². The van der Waals surface area contributed by atoms with Gasteiger partial charge in [-0.05, 0) is 32.3 Å². The van der Waals surface area contributed by atoms with E-state index in [-0.39, 0.29) is 0 Å². The molecule has 0 N–H and O–H groups in total. The zero-order chi connectivity index (χ0) is 13.1. The zero-order valence-electron chi connectivity index (χ0n) is 11.0. The summed E-state index contributed by atoms with van der Waals surface area (Å²) < 4.78 is 0. The standard InChI is InChI=1S/C15H18BrNS/c1-10-4-6-13(7-5-10)14(9-16)8-15-17-11(2)12(3)18-15/h4-7,14H,8-9H2,1-3H3. The summed E-state index contributed by atoms with van der Waals surface area (Å²) >= 11 is 5.45.